The number of hydrogen-bond acceptors (Lipinski definition) is 5. The fraction of sp³-hybridized carbons (Fsp3) is 0.435. The Hall–Kier alpha value is -1.97. The van der Waals surface area contributed by atoms with Gasteiger partial charge in [0.1, 0.15) is 4.90 Å². The molecule has 4 rings (SSSR count). The summed E-state index contributed by atoms with van der Waals surface area (Å²) >= 11 is 6.16. The molecule has 2 aliphatic heterocycles. The van der Waals surface area contributed by atoms with Gasteiger partial charge in [-0.05, 0) is 43.0 Å². The molecule has 2 fully saturated rings. The predicted octanol–water partition coefficient (Wildman–Crippen LogP) is 2.80. The van der Waals surface area contributed by atoms with Crippen molar-refractivity contribution < 1.29 is 17.9 Å². The first-order chi connectivity index (χ1) is 15.4. The smallest absolute Gasteiger partial charge is 0.251 e. The highest BCUT2D eigenvalue weighted by molar-refractivity contribution is 7.89. The lowest BCUT2D eigenvalue weighted by Gasteiger charge is -2.17. The van der Waals surface area contributed by atoms with Crippen LogP contribution >= 0.6 is 11.6 Å². The number of carbonyl (C=O) groups is 1. The second kappa shape index (κ2) is 10.3. The highest BCUT2D eigenvalue weighted by atomic mass is 35.5. The average molecular weight is 478 g/mol. The third-order valence-electron chi connectivity index (χ3n) is 5.86. The molecule has 0 aliphatic carbocycles. The van der Waals surface area contributed by atoms with Crippen LogP contribution < -0.4 is 10.0 Å². The molecule has 2 aliphatic rings. The molecule has 2 heterocycles. The van der Waals surface area contributed by atoms with Gasteiger partial charge in [-0.25, -0.2) is 13.1 Å². The standard InChI is InChI=1S/C23H28ClN3O4S/c24-21-9-8-18(13-22(21)32(29,30)25-14-20-7-4-12-31-20)23(28)26-19-10-11-27(16-19)15-17-5-2-1-3-6-17/h1-3,5-6,8-9,13,19-20,25H,4,7,10-12,14-16H2,(H,26,28). The number of nitrogens with one attached hydrogen (secondary N) is 2. The largest absolute Gasteiger partial charge is 0.377 e. The van der Waals surface area contributed by atoms with Crippen LogP contribution in [0.4, 0.5) is 0 Å². The van der Waals surface area contributed by atoms with Crippen LogP contribution in [0.15, 0.2) is 53.4 Å². The summed E-state index contributed by atoms with van der Waals surface area (Å²) in [6, 6.07) is 14.6. The van der Waals surface area contributed by atoms with Gasteiger partial charge in [0.2, 0.25) is 10.0 Å². The van der Waals surface area contributed by atoms with E-state index in [2.05, 4.69) is 27.1 Å². The summed E-state index contributed by atoms with van der Waals surface area (Å²) in [7, 11) is -3.86. The molecule has 0 bridgehead atoms. The molecule has 172 valence electrons. The maximum absolute atomic E-state index is 12.8. The summed E-state index contributed by atoms with van der Waals surface area (Å²) in [5, 5.41) is 3.11. The van der Waals surface area contributed by atoms with Crippen molar-refractivity contribution in [2.24, 2.45) is 0 Å². The minimum atomic E-state index is -3.86. The van der Waals surface area contributed by atoms with Gasteiger partial charge in [0.25, 0.3) is 5.91 Å². The van der Waals surface area contributed by atoms with Crippen LogP contribution in [0.1, 0.15) is 35.2 Å². The lowest BCUT2D eigenvalue weighted by atomic mass is 10.2. The Labute approximate surface area is 194 Å². The van der Waals surface area contributed by atoms with Gasteiger partial charge in [0.15, 0.2) is 0 Å². The molecular formula is C23H28ClN3O4S. The third-order valence-corrected chi connectivity index (χ3v) is 7.77. The van der Waals surface area contributed by atoms with E-state index in [0.29, 0.717) is 6.61 Å². The van der Waals surface area contributed by atoms with Crippen molar-refractivity contribution in [1.82, 2.24) is 14.9 Å². The Kier molecular flexibility index (Phi) is 7.48. The van der Waals surface area contributed by atoms with Crippen LogP contribution in [0.25, 0.3) is 0 Å². The van der Waals surface area contributed by atoms with Crippen LogP contribution in [0.3, 0.4) is 0 Å². The third kappa shape index (κ3) is 5.88. The highest BCUT2D eigenvalue weighted by Crippen LogP contribution is 2.23. The second-order valence-corrected chi connectivity index (χ2v) is 10.5. The topological polar surface area (TPSA) is 87.7 Å². The summed E-state index contributed by atoms with van der Waals surface area (Å²) in [4.78, 5) is 15.0. The van der Waals surface area contributed by atoms with E-state index in [4.69, 9.17) is 16.3 Å². The van der Waals surface area contributed by atoms with E-state index in [9.17, 15) is 13.2 Å². The molecule has 2 unspecified atom stereocenters. The van der Waals surface area contributed by atoms with Crippen LogP contribution in [-0.2, 0) is 21.3 Å². The van der Waals surface area contributed by atoms with Gasteiger partial charge in [-0.2, -0.15) is 0 Å². The Morgan fingerprint density at radius 3 is 2.72 bits per heavy atom. The molecule has 0 aromatic heterocycles. The maximum atomic E-state index is 12.8. The second-order valence-electron chi connectivity index (χ2n) is 8.31. The van der Waals surface area contributed by atoms with Gasteiger partial charge in [0.05, 0.1) is 11.1 Å². The number of hydrogen-bond donors (Lipinski definition) is 2. The summed E-state index contributed by atoms with van der Waals surface area (Å²) in [5.74, 6) is -0.302. The zero-order valence-corrected chi connectivity index (χ0v) is 19.4. The van der Waals surface area contributed by atoms with Crippen molar-refractivity contribution in [2.45, 2.75) is 42.8 Å². The Morgan fingerprint density at radius 1 is 1.16 bits per heavy atom. The number of amides is 1. The molecule has 7 nitrogen and oxygen atoms in total. The van der Waals surface area contributed by atoms with Crippen molar-refractivity contribution in [2.75, 3.05) is 26.2 Å². The van der Waals surface area contributed by atoms with Gasteiger partial charge in [-0.15, -0.1) is 0 Å². The molecular weight excluding hydrogens is 450 g/mol. The SMILES string of the molecule is O=C(NC1CCN(Cc2ccccc2)C1)c1ccc(Cl)c(S(=O)(=O)NCC2CCCO2)c1. The number of benzene rings is 2. The van der Waals surface area contributed by atoms with Gasteiger partial charge in [-0.1, -0.05) is 41.9 Å². The highest BCUT2D eigenvalue weighted by Gasteiger charge is 2.26. The summed E-state index contributed by atoms with van der Waals surface area (Å²) < 4.78 is 33.5. The van der Waals surface area contributed by atoms with Crippen molar-refractivity contribution >= 4 is 27.5 Å². The number of carbonyl (C=O) groups excluding carboxylic acids is 1. The Morgan fingerprint density at radius 2 is 1.97 bits per heavy atom. The van der Waals surface area contributed by atoms with Crippen molar-refractivity contribution in [3.63, 3.8) is 0 Å². The zero-order chi connectivity index (χ0) is 22.6. The number of likely N-dealkylation sites (tertiary alicyclic amines) is 1. The van der Waals surface area contributed by atoms with Gasteiger partial charge >= 0.3 is 0 Å². The van der Waals surface area contributed by atoms with E-state index in [1.165, 1.54) is 17.7 Å². The molecule has 9 heteroatoms. The van der Waals surface area contributed by atoms with Crippen molar-refractivity contribution in [3.8, 4) is 0 Å². The van der Waals surface area contributed by atoms with Crippen molar-refractivity contribution in [1.29, 1.82) is 0 Å². The fourth-order valence-corrected chi connectivity index (χ4v) is 5.73. The first kappa shape index (κ1) is 23.2. The summed E-state index contributed by atoms with van der Waals surface area (Å²) in [6.07, 6.45) is 2.46. The van der Waals surface area contributed by atoms with Crippen molar-refractivity contribution in [3.05, 3.63) is 64.7 Å². The lowest BCUT2D eigenvalue weighted by Crippen LogP contribution is -2.37. The lowest BCUT2D eigenvalue weighted by molar-refractivity contribution is 0.0937. The fourth-order valence-electron chi connectivity index (χ4n) is 4.14. The minimum Gasteiger partial charge on any atom is -0.377 e. The van der Waals surface area contributed by atoms with Gasteiger partial charge < -0.3 is 10.1 Å². The molecule has 2 aromatic carbocycles. The summed E-state index contributed by atoms with van der Waals surface area (Å²) in [6.45, 7) is 3.32. The zero-order valence-electron chi connectivity index (χ0n) is 17.8. The molecule has 2 aromatic rings. The molecule has 0 saturated carbocycles. The van der Waals surface area contributed by atoms with Crippen LogP contribution in [0, 0.1) is 0 Å². The molecule has 1 amide bonds. The van der Waals surface area contributed by atoms with Gasteiger partial charge in [-0.3, -0.25) is 9.69 Å². The van der Waals surface area contributed by atoms with E-state index in [0.717, 1.165) is 38.9 Å². The number of ether oxygens (including phenoxy) is 1. The average Bonchev–Trinajstić information content (AvgIpc) is 3.45. The first-order valence-corrected chi connectivity index (χ1v) is 12.7. The predicted molar refractivity (Wildman–Crippen MR) is 123 cm³/mol. The van der Waals surface area contributed by atoms with E-state index in [-0.39, 0.29) is 40.1 Å². The maximum Gasteiger partial charge on any atom is 0.251 e. The molecule has 2 saturated heterocycles. The van der Waals surface area contributed by atoms with Crippen LogP contribution in [0.2, 0.25) is 5.02 Å². The van der Waals surface area contributed by atoms with E-state index in [1.54, 1.807) is 6.07 Å². The molecule has 0 radical (unpaired) electrons. The Balaban J connectivity index is 1.36. The number of rotatable bonds is 8. The quantitative estimate of drug-likeness (QED) is 0.610. The van der Waals surface area contributed by atoms with E-state index >= 15 is 0 Å². The normalized spacial score (nSPS) is 21.7. The van der Waals surface area contributed by atoms with E-state index < -0.39 is 10.0 Å². The molecule has 0 spiro atoms. The molecule has 2 atom stereocenters. The molecule has 32 heavy (non-hydrogen) atoms. The van der Waals surface area contributed by atoms with Gasteiger partial charge in [0, 0.05) is 44.4 Å². The summed E-state index contributed by atoms with van der Waals surface area (Å²) in [5.41, 5.74) is 1.51. The number of halogens is 1. The van der Waals surface area contributed by atoms with E-state index in [1.807, 2.05) is 18.2 Å². The van der Waals surface area contributed by atoms with Crippen LogP contribution in [-0.4, -0.2) is 57.6 Å². The molecule has 2 N–H and O–H groups in total. The minimum absolute atomic E-state index is 0.0135. The monoisotopic (exact) mass is 477 g/mol. The number of nitrogens with zero attached hydrogens (tertiary/aromatic N) is 1. The van der Waals surface area contributed by atoms with Crippen LogP contribution in [0.5, 0.6) is 0 Å². The first-order valence-electron chi connectivity index (χ1n) is 10.9. The number of sulfonamides is 1. The Bertz CT molecular complexity index is 1040.